The SMILES string of the molecule is Cc1ccccc1C(=O)NCC(O)(c1ccccc1)C1CC1. The van der Waals surface area contributed by atoms with E-state index in [2.05, 4.69) is 5.32 Å². The molecule has 1 fully saturated rings. The van der Waals surface area contributed by atoms with E-state index in [1.165, 1.54) is 0 Å². The largest absolute Gasteiger partial charge is 0.383 e. The summed E-state index contributed by atoms with van der Waals surface area (Å²) in [7, 11) is 0. The number of amides is 1. The first-order valence-electron chi connectivity index (χ1n) is 7.73. The number of benzene rings is 2. The number of aryl methyl sites for hydroxylation is 1. The number of carbonyl (C=O) groups excluding carboxylic acids is 1. The minimum atomic E-state index is -0.973. The number of carbonyl (C=O) groups is 1. The summed E-state index contributed by atoms with van der Waals surface area (Å²) < 4.78 is 0. The molecule has 2 N–H and O–H groups in total. The fourth-order valence-corrected chi connectivity index (χ4v) is 2.91. The summed E-state index contributed by atoms with van der Waals surface area (Å²) in [4.78, 5) is 12.4. The van der Waals surface area contributed by atoms with Gasteiger partial charge in [-0.1, -0.05) is 48.5 Å². The highest BCUT2D eigenvalue weighted by molar-refractivity contribution is 5.95. The van der Waals surface area contributed by atoms with E-state index >= 15 is 0 Å². The van der Waals surface area contributed by atoms with Gasteiger partial charge in [0.1, 0.15) is 5.60 Å². The maximum absolute atomic E-state index is 12.4. The van der Waals surface area contributed by atoms with Crippen LogP contribution in [0.1, 0.15) is 34.3 Å². The summed E-state index contributed by atoms with van der Waals surface area (Å²) in [6.45, 7) is 2.16. The molecule has 2 aromatic rings. The molecule has 0 radical (unpaired) electrons. The summed E-state index contributed by atoms with van der Waals surface area (Å²) in [5.41, 5.74) is 1.51. The van der Waals surface area contributed by atoms with E-state index in [9.17, 15) is 9.90 Å². The molecule has 114 valence electrons. The van der Waals surface area contributed by atoms with Crippen LogP contribution in [0.2, 0.25) is 0 Å². The lowest BCUT2D eigenvalue weighted by Crippen LogP contribution is -2.42. The first kappa shape index (κ1) is 14.8. The number of hydrogen-bond acceptors (Lipinski definition) is 2. The minimum Gasteiger partial charge on any atom is -0.383 e. The maximum atomic E-state index is 12.4. The Hall–Kier alpha value is -2.13. The molecule has 3 rings (SSSR count). The van der Waals surface area contributed by atoms with Crippen LogP contribution in [0.25, 0.3) is 0 Å². The molecule has 1 aliphatic carbocycles. The third-order valence-electron chi connectivity index (χ3n) is 4.43. The molecule has 3 heteroatoms. The van der Waals surface area contributed by atoms with Crippen molar-refractivity contribution >= 4 is 5.91 Å². The first-order chi connectivity index (χ1) is 10.6. The van der Waals surface area contributed by atoms with Crippen LogP contribution in [0.4, 0.5) is 0 Å². The zero-order chi connectivity index (χ0) is 15.6. The summed E-state index contributed by atoms with van der Waals surface area (Å²) in [5.74, 6) is 0.0974. The molecule has 1 amide bonds. The van der Waals surface area contributed by atoms with E-state index in [0.717, 1.165) is 24.0 Å². The van der Waals surface area contributed by atoms with Gasteiger partial charge < -0.3 is 10.4 Å². The van der Waals surface area contributed by atoms with E-state index in [4.69, 9.17) is 0 Å². The highest BCUT2D eigenvalue weighted by Gasteiger charge is 2.45. The monoisotopic (exact) mass is 295 g/mol. The van der Waals surface area contributed by atoms with Crippen molar-refractivity contribution in [3.05, 3.63) is 71.3 Å². The van der Waals surface area contributed by atoms with Gasteiger partial charge in [0.15, 0.2) is 0 Å². The molecule has 0 spiro atoms. The Balaban J connectivity index is 1.76. The van der Waals surface area contributed by atoms with Crippen LogP contribution < -0.4 is 5.32 Å². The zero-order valence-electron chi connectivity index (χ0n) is 12.8. The van der Waals surface area contributed by atoms with Gasteiger partial charge in [-0.15, -0.1) is 0 Å². The predicted molar refractivity (Wildman–Crippen MR) is 86.6 cm³/mol. The molecular weight excluding hydrogens is 274 g/mol. The van der Waals surface area contributed by atoms with E-state index in [1.54, 1.807) is 0 Å². The fourth-order valence-electron chi connectivity index (χ4n) is 2.91. The second-order valence-corrected chi connectivity index (χ2v) is 6.06. The molecule has 1 saturated carbocycles. The van der Waals surface area contributed by atoms with E-state index in [-0.39, 0.29) is 18.4 Å². The Bertz CT molecular complexity index is 664. The van der Waals surface area contributed by atoms with Gasteiger partial charge in [0.2, 0.25) is 0 Å². The number of hydrogen-bond donors (Lipinski definition) is 2. The van der Waals surface area contributed by atoms with Crippen molar-refractivity contribution in [2.75, 3.05) is 6.54 Å². The first-order valence-corrected chi connectivity index (χ1v) is 7.73. The second kappa shape index (κ2) is 5.93. The Kier molecular flexibility index (Phi) is 3.99. The topological polar surface area (TPSA) is 49.3 Å². The van der Waals surface area contributed by atoms with Crippen molar-refractivity contribution < 1.29 is 9.90 Å². The molecule has 1 unspecified atom stereocenters. The summed E-state index contributed by atoms with van der Waals surface area (Å²) in [6, 6.07) is 17.1. The lowest BCUT2D eigenvalue weighted by atomic mass is 9.88. The lowest BCUT2D eigenvalue weighted by molar-refractivity contribution is 0.0135. The minimum absolute atomic E-state index is 0.131. The quantitative estimate of drug-likeness (QED) is 0.891. The standard InChI is InChI=1S/C19H21NO2/c1-14-7-5-6-10-17(14)18(21)20-13-19(22,16-11-12-16)15-8-3-2-4-9-15/h2-10,16,22H,11-13H2,1H3,(H,20,21). The van der Waals surface area contributed by atoms with Crippen molar-refractivity contribution in [1.82, 2.24) is 5.32 Å². The van der Waals surface area contributed by atoms with Crippen LogP contribution in [0.15, 0.2) is 54.6 Å². The van der Waals surface area contributed by atoms with Gasteiger partial charge in [-0.3, -0.25) is 4.79 Å². The van der Waals surface area contributed by atoms with Gasteiger partial charge in [-0.25, -0.2) is 0 Å². The summed E-state index contributed by atoms with van der Waals surface area (Å²) in [5, 5.41) is 14.0. The average Bonchev–Trinajstić information content (AvgIpc) is 3.39. The highest BCUT2D eigenvalue weighted by Crippen LogP contribution is 2.45. The van der Waals surface area contributed by atoms with E-state index in [1.807, 2.05) is 61.5 Å². The summed E-state index contributed by atoms with van der Waals surface area (Å²) in [6.07, 6.45) is 2.01. The normalized spacial score (nSPS) is 16.8. The third kappa shape index (κ3) is 2.90. The molecule has 1 atom stereocenters. The molecule has 2 aromatic carbocycles. The van der Waals surface area contributed by atoms with Crippen LogP contribution in [-0.2, 0) is 5.60 Å². The molecule has 0 heterocycles. The van der Waals surface area contributed by atoms with Crippen LogP contribution in [0.3, 0.4) is 0 Å². The average molecular weight is 295 g/mol. The van der Waals surface area contributed by atoms with E-state index < -0.39 is 5.60 Å². The van der Waals surface area contributed by atoms with Crippen LogP contribution in [0, 0.1) is 12.8 Å². The van der Waals surface area contributed by atoms with Crippen molar-refractivity contribution in [2.45, 2.75) is 25.4 Å². The lowest BCUT2D eigenvalue weighted by Gasteiger charge is -2.29. The Morgan fingerprint density at radius 3 is 2.41 bits per heavy atom. The Morgan fingerprint density at radius 2 is 1.77 bits per heavy atom. The van der Waals surface area contributed by atoms with Gasteiger partial charge in [0.05, 0.1) is 6.54 Å². The molecule has 0 aliphatic heterocycles. The van der Waals surface area contributed by atoms with Crippen LogP contribution >= 0.6 is 0 Å². The van der Waals surface area contributed by atoms with Gasteiger partial charge >= 0.3 is 0 Å². The molecule has 22 heavy (non-hydrogen) atoms. The van der Waals surface area contributed by atoms with Gasteiger partial charge in [0.25, 0.3) is 5.91 Å². The van der Waals surface area contributed by atoms with E-state index in [0.29, 0.717) is 5.56 Å². The van der Waals surface area contributed by atoms with Crippen molar-refractivity contribution in [3.63, 3.8) is 0 Å². The molecule has 0 saturated heterocycles. The summed E-state index contributed by atoms with van der Waals surface area (Å²) >= 11 is 0. The van der Waals surface area contributed by atoms with Crippen molar-refractivity contribution in [1.29, 1.82) is 0 Å². The maximum Gasteiger partial charge on any atom is 0.251 e. The molecule has 1 aliphatic rings. The number of nitrogens with one attached hydrogen (secondary N) is 1. The van der Waals surface area contributed by atoms with Gasteiger partial charge in [-0.05, 0) is 42.9 Å². The third-order valence-corrected chi connectivity index (χ3v) is 4.43. The van der Waals surface area contributed by atoms with Gasteiger partial charge in [0, 0.05) is 5.56 Å². The predicted octanol–water partition coefficient (Wildman–Crippen LogP) is 3.02. The molecule has 3 nitrogen and oxygen atoms in total. The molecule has 0 bridgehead atoms. The Morgan fingerprint density at radius 1 is 1.14 bits per heavy atom. The smallest absolute Gasteiger partial charge is 0.251 e. The van der Waals surface area contributed by atoms with Crippen LogP contribution in [0.5, 0.6) is 0 Å². The van der Waals surface area contributed by atoms with Gasteiger partial charge in [-0.2, -0.15) is 0 Å². The number of aliphatic hydroxyl groups is 1. The Labute approximate surface area is 131 Å². The zero-order valence-corrected chi connectivity index (χ0v) is 12.8. The second-order valence-electron chi connectivity index (χ2n) is 6.06. The van der Waals surface area contributed by atoms with Crippen LogP contribution in [-0.4, -0.2) is 17.6 Å². The number of rotatable bonds is 5. The molecule has 0 aromatic heterocycles. The highest BCUT2D eigenvalue weighted by atomic mass is 16.3. The molecular formula is C19H21NO2. The van der Waals surface area contributed by atoms with Crippen molar-refractivity contribution in [2.24, 2.45) is 5.92 Å². The van der Waals surface area contributed by atoms with Crippen molar-refractivity contribution in [3.8, 4) is 0 Å². The fraction of sp³-hybridized carbons (Fsp3) is 0.316.